The van der Waals surface area contributed by atoms with E-state index >= 15 is 0 Å². The highest BCUT2D eigenvalue weighted by Crippen LogP contribution is 2.33. The Morgan fingerprint density at radius 1 is 0.595 bits per heavy atom. The predicted molar refractivity (Wildman–Crippen MR) is 134 cm³/mol. The molecule has 4 saturated heterocycles. The summed E-state index contributed by atoms with van der Waals surface area (Å²) >= 11 is 0. The Balaban J connectivity index is 0.917. The van der Waals surface area contributed by atoms with Crippen molar-refractivity contribution in [2.24, 2.45) is 5.41 Å². The first-order valence-electron chi connectivity index (χ1n) is 13.4. The molecule has 2 atom stereocenters. The van der Waals surface area contributed by atoms with Gasteiger partial charge in [0.1, 0.15) is 36.9 Å². The van der Waals surface area contributed by atoms with E-state index in [2.05, 4.69) is 12.1 Å². The second-order valence-corrected chi connectivity index (χ2v) is 10.4. The highest BCUT2D eigenvalue weighted by atomic mass is 16.7. The minimum absolute atomic E-state index is 0.235. The average molecular weight is 513 g/mol. The van der Waals surface area contributed by atoms with E-state index < -0.39 is 0 Å². The largest absolute Gasteiger partial charge is 0.491 e. The first-order chi connectivity index (χ1) is 18.2. The van der Waals surface area contributed by atoms with E-state index in [-0.39, 0.29) is 30.2 Å². The van der Waals surface area contributed by atoms with Crippen LogP contribution in [0.5, 0.6) is 11.5 Å². The van der Waals surface area contributed by atoms with E-state index in [1.165, 1.54) is 0 Å². The molecule has 0 radical (unpaired) electrons. The maximum absolute atomic E-state index is 6.10. The molecule has 8 nitrogen and oxygen atoms in total. The maximum Gasteiger partial charge on any atom is 0.157 e. The van der Waals surface area contributed by atoms with Gasteiger partial charge in [0, 0.05) is 12.8 Å². The van der Waals surface area contributed by atoms with Gasteiger partial charge >= 0.3 is 0 Å². The SMILES string of the molecule is c1ccc(OCC2CO2)c(CCC2OCC3(CO2)COC(CCc2ccccc2OCC2CO2)OC3)c1. The molecule has 37 heavy (non-hydrogen) atoms. The molecule has 2 aromatic carbocycles. The summed E-state index contributed by atoms with van der Waals surface area (Å²) < 4.78 is 46.8. The highest BCUT2D eigenvalue weighted by molar-refractivity contribution is 5.34. The standard InChI is InChI=1S/C29H36O8/c1-3-7-25(32-15-23-13-30-23)21(5-1)9-11-27-34-17-29(18-35-27)19-36-28(37-20-29)12-10-22-6-2-4-8-26(22)33-16-24-14-31-24/h1-8,23-24,27-28H,9-20H2. The van der Waals surface area contributed by atoms with Gasteiger partial charge in [0.15, 0.2) is 12.6 Å². The number of rotatable bonds is 12. The van der Waals surface area contributed by atoms with E-state index in [0.717, 1.165) is 61.5 Å². The van der Waals surface area contributed by atoms with E-state index in [1.54, 1.807) is 0 Å². The molecule has 0 N–H and O–H groups in total. The van der Waals surface area contributed by atoms with E-state index in [9.17, 15) is 0 Å². The van der Waals surface area contributed by atoms with Crippen molar-refractivity contribution in [1.29, 1.82) is 0 Å². The number of hydrogen-bond acceptors (Lipinski definition) is 8. The van der Waals surface area contributed by atoms with Crippen molar-refractivity contribution in [1.82, 2.24) is 0 Å². The molecule has 0 saturated carbocycles. The van der Waals surface area contributed by atoms with Gasteiger partial charge in [-0.3, -0.25) is 0 Å². The minimum atomic E-state index is -0.246. The summed E-state index contributed by atoms with van der Waals surface area (Å²) in [6.45, 7) is 5.08. The molecule has 2 unspecified atom stereocenters. The lowest BCUT2D eigenvalue weighted by Gasteiger charge is -2.43. The molecule has 0 aliphatic carbocycles. The summed E-state index contributed by atoms with van der Waals surface area (Å²) in [5.74, 6) is 1.83. The normalized spacial score (nSPS) is 30.7. The highest BCUT2D eigenvalue weighted by Gasteiger charge is 2.42. The van der Waals surface area contributed by atoms with Crippen molar-refractivity contribution in [3.05, 3.63) is 59.7 Å². The minimum Gasteiger partial charge on any atom is -0.491 e. The molecule has 0 bridgehead atoms. The third kappa shape index (κ3) is 7.02. The smallest absolute Gasteiger partial charge is 0.157 e. The van der Waals surface area contributed by atoms with Crippen LogP contribution in [0.2, 0.25) is 0 Å². The van der Waals surface area contributed by atoms with Gasteiger partial charge in [0.05, 0.1) is 45.1 Å². The van der Waals surface area contributed by atoms with Crippen molar-refractivity contribution in [3.8, 4) is 11.5 Å². The average Bonchev–Trinajstić information content (AvgIpc) is 3.87. The summed E-state index contributed by atoms with van der Waals surface area (Å²) in [5, 5.41) is 0. The molecule has 0 amide bonds. The van der Waals surface area contributed by atoms with Gasteiger partial charge < -0.3 is 37.9 Å². The van der Waals surface area contributed by atoms with Gasteiger partial charge in [-0.05, 0) is 36.1 Å². The van der Waals surface area contributed by atoms with Crippen molar-refractivity contribution in [3.63, 3.8) is 0 Å². The zero-order valence-corrected chi connectivity index (χ0v) is 21.2. The third-order valence-corrected chi connectivity index (χ3v) is 7.20. The predicted octanol–water partition coefficient (Wildman–Crippen LogP) is 3.54. The number of aryl methyl sites for hydroxylation is 2. The summed E-state index contributed by atoms with van der Waals surface area (Å²) in [4.78, 5) is 0. The van der Waals surface area contributed by atoms with Gasteiger partial charge in [0.25, 0.3) is 0 Å². The van der Waals surface area contributed by atoms with Crippen LogP contribution in [0.15, 0.2) is 48.5 Å². The lowest BCUT2D eigenvalue weighted by molar-refractivity contribution is -0.303. The molecule has 6 rings (SSSR count). The second kappa shape index (κ2) is 11.7. The third-order valence-electron chi connectivity index (χ3n) is 7.20. The molecule has 4 heterocycles. The quantitative estimate of drug-likeness (QED) is 0.400. The fourth-order valence-corrected chi connectivity index (χ4v) is 4.70. The van der Waals surface area contributed by atoms with E-state index in [4.69, 9.17) is 37.9 Å². The van der Waals surface area contributed by atoms with Crippen LogP contribution in [0.4, 0.5) is 0 Å². The monoisotopic (exact) mass is 512 g/mol. The van der Waals surface area contributed by atoms with Gasteiger partial charge in [-0.15, -0.1) is 0 Å². The fourth-order valence-electron chi connectivity index (χ4n) is 4.70. The van der Waals surface area contributed by atoms with E-state index in [1.807, 2.05) is 36.4 Å². The van der Waals surface area contributed by atoms with Gasteiger partial charge in [-0.2, -0.15) is 0 Å². The Labute approximate surface area is 218 Å². The van der Waals surface area contributed by atoms with Crippen molar-refractivity contribution >= 4 is 0 Å². The van der Waals surface area contributed by atoms with Crippen LogP contribution in [-0.2, 0) is 41.3 Å². The molecule has 0 aromatic heterocycles. The van der Waals surface area contributed by atoms with E-state index in [0.29, 0.717) is 39.6 Å². The molecule has 2 aromatic rings. The topological polar surface area (TPSA) is 80.4 Å². The number of benzene rings is 2. The van der Waals surface area contributed by atoms with Crippen LogP contribution in [0.25, 0.3) is 0 Å². The van der Waals surface area contributed by atoms with Crippen LogP contribution in [0, 0.1) is 5.41 Å². The van der Waals surface area contributed by atoms with Crippen molar-refractivity contribution in [2.45, 2.75) is 50.5 Å². The Hall–Kier alpha value is -2.20. The molecule has 8 heteroatoms. The summed E-state index contributed by atoms with van der Waals surface area (Å²) in [5.41, 5.74) is 2.08. The number of para-hydroxylation sites is 2. The first kappa shape index (κ1) is 25.1. The molecule has 1 spiro atoms. The summed E-state index contributed by atoms with van der Waals surface area (Å²) in [6.07, 6.45) is 3.21. The van der Waals surface area contributed by atoms with Gasteiger partial charge in [0.2, 0.25) is 0 Å². The van der Waals surface area contributed by atoms with Gasteiger partial charge in [-0.1, -0.05) is 36.4 Å². The van der Waals surface area contributed by atoms with Crippen LogP contribution in [0.3, 0.4) is 0 Å². The lowest BCUT2D eigenvalue weighted by Crippen LogP contribution is -2.52. The molecule has 200 valence electrons. The Morgan fingerprint density at radius 3 is 1.41 bits per heavy atom. The lowest BCUT2D eigenvalue weighted by atomic mass is 9.90. The zero-order chi connectivity index (χ0) is 24.9. The molecule has 4 aliphatic rings. The van der Waals surface area contributed by atoms with Crippen molar-refractivity contribution in [2.75, 3.05) is 52.9 Å². The summed E-state index contributed by atoms with van der Waals surface area (Å²) in [6, 6.07) is 16.3. The Bertz CT molecular complexity index is 919. The van der Waals surface area contributed by atoms with Crippen molar-refractivity contribution < 1.29 is 37.9 Å². The second-order valence-electron chi connectivity index (χ2n) is 10.4. The fraction of sp³-hybridized carbons (Fsp3) is 0.586. The molecular formula is C29H36O8. The molecule has 4 aliphatic heterocycles. The molecule has 4 fully saturated rings. The number of ether oxygens (including phenoxy) is 8. The first-order valence-corrected chi connectivity index (χ1v) is 13.4. The van der Waals surface area contributed by atoms with Gasteiger partial charge in [-0.25, -0.2) is 0 Å². The van der Waals surface area contributed by atoms with Crippen LogP contribution < -0.4 is 9.47 Å². The maximum atomic E-state index is 6.10. The zero-order valence-electron chi connectivity index (χ0n) is 21.2. The summed E-state index contributed by atoms with van der Waals surface area (Å²) in [7, 11) is 0. The Morgan fingerprint density at radius 2 is 1.00 bits per heavy atom. The Kier molecular flexibility index (Phi) is 7.92. The number of epoxide rings is 2. The van der Waals surface area contributed by atoms with Crippen LogP contribution >= 0.6 is 0 Å². The number of hydrogen-bond donors (Lipinski definition) is 0. The molecular weight excluding hydrogens is 476 g/mol. The van der Waals surface area contributed by atoms with Crippen LogP contribution in [0.1, 0.15) is 24.0 Å². The van der Waals surface area contributed by atoms with Crippen LogP contribution in [-0.4, -0.2) is 77.6 Å².